The number of piperazine rings is 1. The summed E-state index contributed by atoms with van der Waals surface area (Å²) in [6.07, 6.45) is 0. The van der Waals surface area contributed by atoms with Crippen LogP contribution in [0, 0.1) is 6.92 Å². The number of hydrogen-bond donors (Lipinski definition) is 1. The highest BCUT2D eigenvalue weighted by Gasteiger charge is 2.21. The Morgan fingerprint density at radius 2 is 1.83 bits per heavy atom. The van der Waals surface area contributed by atoms with Crippen molar-refractivity contribution in [3.8, 4) is 11.5 Å². The molecule has 0 bridgehead atoms. The van der Waals surface area contributed by atoms with Crippen molar-refractivity contribution in [2.45, 2.75) is 31.3 Å². The Hall–Kier alpha value is -3.30. The lowest BCUT2D eigenvalue weighted by molar-refractivity contribution is 0.0955. The molecule has 2 aromatic carbocycles. The lowest BCUT2D eigenvalue weighted by atomic mass is 10.1. The van der Waals surface area contributed by atoms with Crippen molar-refractivity contribution >= 4 is 23.5 Å². The summed E-state index contributed by atoms with van der Waals surface area (Å²) in [4.78, 5) is 26.4. The Balaban J connectivity index is 1.17. The molecule has 1 aromatic heterocycles. The zero-order valence-electron chi connectivity index (χ0n) is 20.7. The molecule has 0 radical (unpaired) electrons. The third-order valence-electron chi connectivity index (χ3n) is 6.25. The van der Waals surface area contributed by atoms with Crippen LogP contribution in [-0.2, 0) is 12.3 Å². The summed E-state index contributed by atoms with van der Waals surface area (Å²) in [6, 6.07) is 16.0. The van der Waals surface area contributed by atoms with E-state index in [2.05, 4.69) is 38.3 Å². The lowest BCUT2D eigenvalue weighted by Gasteiger charge is -2.35. The van der Waals surface area contributed by atoms with Gasteiger partial charge in [-0.3, -0.25) is 9.69 Å². The summed E-state index contributed by atoms with van der Waals surface area (Å²) in [5.41, 5.74) is 3.95. The first-order chi connectivity index (χ1) is 17.6. The maximum absolute atomic E-state index is 12.1. The van der Waals surface area contributed by atoms with Crippen molar-refractivity contribution in [3.63, 3.8) is 0 Å². The highest BCUT2D eigenvalue weighted by atomic mass is 32.2. The number of carbonyl (C=O) groups is 1. The van der Waals surface area contributed by atoms with Gasteiger partial charge in [0, 0.05) is 62.3 Å². The van der Waals surface area contributed by atoms with Crippen LogP contribution >= 0.6 is 11.8 Å². The molecule has 8 nitrogen and oxygen atoms in total. The molecule has 0 unspecified atom stereocenters. The third kappa shape index (κ3) is 5.91. The number of anilines is 1. The first-order valence-corrected chi connectivity index (χ1v) is 13.3. The Labute approximate surface area is 216 Å². The standard InChI is InChI=1S/C27H31N5O3S/c1-3-28-26(33)22-6-4-5-21(14-22)17-36-27-29-19(2)13-25(30-27)32-11-9-31(10-12-32)16-20-7-8-23-24(15-20)35-18-34-23/h4-8,13-15H,3,9-12,16-18H2,1-2H3,(H,28,33). The van der Waals surface area contributed by atoms with Crippen molar-refractivity contribution in [2.75, 3.05) is 44.4 Å². The molecule has 3 heterocycles. The summed E-state index contributed by atoms with van der Waals surface area (Å²) in [5, 5.41) is 3.61. The maximum Gasteiger partial charge on any atom is 0.251 e. The second-order valence-electron chi connectivity index (χ2n) is 8.95. The fraction of sp³-hybridized carbons (Fsp3) is 0.370. The van der Waals surface area contributed by atoms with Gasteiger partial charge in [0.2, 0.25) is 6.79 Å². The van der Waals surface area contributed by atoms with Gasteiger partial charge in [-0.05, 0) is 49.2 Å². The van der Waals surface area contributed by atoms with Crippen molar-refractivity contribution in [3.05, 3.63) is 70.9 Å². The SMILES string of the molecule is CCNC(=O)c1cccc(CSc2nc(C)cc(N3CCN(Cc4ccc5c(c4)OCO5)CC3)n2)c1. The normalized spacial score (nSPS) is 15.2. The van der Waals surface area contributed by atoms with Gasteiger partial charge in [-0.25, -0.2) is 9.97 Å². The first-order valence-electron chi connectivity index (χ1n) is 12.3. The molecular weight excluding hydrogens is 474 g/mol. The molecule has 2 aliphatic rings. The molecule has 1 saturated heterocycles. The number of ether oxygens (including phenoxy) is 2. The van der Waals surface area contributed by atoms with Gasteiger partial charge in [-0.15, -0.1) is 0 Å². The van der Waals surface area contributed by atoms with Crippen molar-refractivity contribution in [1.82, 2.24) is 20.2 Å². The number of thioether (sulfide) groups is 1. The predicted octanol–water partition coefficient (Wildman–Crippen LogP) is 3.88. The molecule has 3 aromatic rings. The smallest absolute Gasteiger partial charge is 0.251 e. The number of aryl methyl sites for hydroxylation is 1. The molecule has 0 aliphatic carbocycles. The summed E-state index contributed by atoms with van der Waals surface area (Å²) < 4.78 is 10.9. The van der Waals surface area contributed by atoms with Crippen LogP contribution in [0.4, 0.5) is 5.82 Å². The van der Waals surface area contributed by atoms with Crippen LogP contribution in [0.3, 0.4) is 0 Å². The number of carbonyl (C=O) groups excluding carboxylic acids is 1. The fourth-order valence-electron chi connectivity index (χ4n) is 4.40. The summed E-state index contributed by atoms with van der Waals surface area (Å²) in [6.45, 7) is 9.51. The van der Waals surface area contributed by atoms with Gasteiger partial charge in [-0.1, -0.05) is 30.0 Å². The molecule has 188 valence electrons. The predicted molar refractivity (Wildman–Crippen MR) is 141 cm³/mol. The van der Waals surface area contributed by atoms with Gasteiger partial charge >= 0.3 is 0 Å². The fourth-order valence-corrected chi connectivity index (χ4v) is 5.24. The Kier molecular flexibility index (Phi) is 7.58. The van der Waals surface area contributed by atoms with Crippen LogP contribution < -0.4 is 19.7 Å². The number of aromatic nitrogens is 2. The second kappa shape index (κ2) is 11.2. The minimum absolute atomic E-state index is 0.0453. The lowest BCUT2D eigenvalue weighted by Crippen LogP contribution is -2.46. The molecule has 1 fully saturated rings. The van der Waals surface area contributed by atoms with Gasteiger partial charge < -0.3 is 19.7 Å². The molecule has 1 N–H and O–H groups in total. The zero-order valence-corrected chi connectivity index (χ0v) is 21.5. The molecule has 2 aliphatic heterocycles. The molecule has 5 rings (SSSR count). The second-order valence-corrected chi connectivity index (χ2v) is 9.89. The van der Waals surface area contributed by atoms with Gasteiger partial charge in [0.1, 0.15) is 5.82 Å². The molecule has 0 saturated carbocycles. The topological polar surface area (TPSA) is 79.8 Å². The van der Waals surface area contributed by atoms with E-state index in [0.29, 0.717) is 24.7 Å². The van der Waals surface area contributed by atoms with Crippen LogP contribution in [0.2, 0.25) is 0 Å². The summed E-state index contributed by atoms with van der Waals surface area (Å²) >= 11 is 1.60. The van der Waals surface area contributed by atoms with Crippen LogP contribution in [0.15, 0.2) is 53.7 Å². The van der Waals surface area contributed by atoms with E-state index in [1.54, 1.807) is 11.8 Å². The van der Waals surface area contributed by atoms with Crippen molar-refractivity contribution in [1.29, 1.82) is 0 Å². The highest BCUT2D eigenvalue weighted by Crippen LogP contribution is 2.33. The van der Waals surface area contributed by atoms with Gasteiger partial charge in [-0.2, -0.15) is 0 Å². The molecular formula is C27H31N5O3S. The summed E-state index contributed by atoms with van der Waals surface area (Å²) in [7, 11) is 0. The Bertz CT molecular complexity index is 1230. The van der Waals surface area contributed by atoms with Crippen LogP contribution in [0.1, 0.15) is 34.1 Å². The molecule has 9 heteroatoms. The largest absolute Gasteiger partial charge is 0.454 e. The van der Waals surface area contributed by atoms with E-state index in [-0.39, 0.29) is 5.91 Å². The van der Waals surface area contributed by atoms with E-state index in [4.69, 9.17) is 14.5 Å². The van der Waals surface area contributed by atoms with E-state index >= 15 is 0 Å². The van der Waals surface area contributed by atoms with Gasteiger partial charge in [0.25, 0.3) is 5.91 Å². The number of nitrogens with one attached hydrogen (secondary N) is 1. The third-order valence-corrected chi connectivity index (χ3v) is 7.17. The number of rotatable bonds is 8. The minimum Gasteiger partial charge on any atom is -0.454 e. The quantitative estimate of drug-likeness (QED) is 0.365. The van der Waals surface area contributed by atoms with Crippen LogP contribution in [-0.4, -0.2) is 60.3 Å². The monoisotopic (exact) mass is 505 g/mol. The van der Waals surface area contributed by atoms with E-state index in [1.807, 2.05) is 44.2 Å². The van der Waals surface area contributed by atoms with E-state index in [1.165, 1.54) is 5.56 Å². The average molecular weight is 506 g/mol. The van der Waals surface area contributed by atoms with Crippen molar-refractivity contribution in [2.24, 2.45) is 0 Å². The first kappa shape index (κ1) is 24.4. The number of nitrogens with zero attached hydrogens (tertiary/aromatic N) is 4. The van der Waals surface area contributed by atoms with Gasteiger partial charge in [0.15, 0.2) is 16.7 Å². The number of amides is 1. The van der Waals surface area contributed by atoms with E-state index in [0.717, 1.165) is 66.5 Å². The Morgan fingerprint density at radius 1 is 1.00 bits per heavy atom. The minimum atomic E-state index is -0.0453. The molecule has 1 amide bonds. The molecule has 0 spiro atoms. The maximum atomic E-state index is 12.1. The number of benzene rings is 2. The zero-order chi connectivity index (χ0) is 24.9. The average Bonchev–Trinajstić information content (AvgIpc) is 3.36. The summed E-state index contributed by atoms with van der Waals surface area (Å²) in [5.74, 6) is 3.30. The van der Waals surface area contributed by atoms with Crippen molar-refractivity contribution < 1.29 is 14.3 Å². The van der Waals surface area contributed by atoms with E-state index < -0.39 is 0 Å². The number of hydrogen-bond acceptors (Lipinski definition) is 8. The highest BCUT2D eigenvalue weighted by molar-refractivity contribution is 7.98. The number of fused-ring (bicyclic) bond motifs is 1. The van der Waals surface area contributed by atoms with E-state index in [9.17, 15) is 4.79 Å². The van der Waals surface area contributed by atoms with Crippen LogP contribution in [0.25, 0.3) is 0 Å². The molecule has 0 atom stereocenters. The van der Waals surface area contributed by atoms with Gasteiger partial charge in [0.05, 0.1) is 0 Å². The molecule has 36 heavy (non-hydrogen) atoms. The van der Waals surface area contributed by atoms with Crippen LogP contribution in [0.5, 0.6) is 11.5 Å². The Morgan fingerprint density at radius 3 is 2.67 bits per heavy atom.